The van der Waals surface area contributed by atoms with Crippen LogP contribution in [0.3, 0.4) is 0 Å². The first kappa shape index (κ1) is 12.9. The van der Waals surface area contributed by atoms with Gasteiger partial charge in [-0.25, -0.2) is 13.4 Å². The van der Waals surface area contributed by atoms with Crippen molar-refractivity contribution < 1.29 is 8.42 Å². The predicted octanol–water partition coefficient (Wildman–Crippen LogP) is 2.14. The van der Waals surface area contributed by atoms with Crippen LogP contribution in [-0.4, -0.2) is 24.1 Å². The van der Waals surface area contributed by atoms with Gasteiger partial charge in [-0.05, 0) is 25.0 Å². The molecule has 98 valence electrons. The minimum atomic E-state index is -3.31. The smallest absolute Gasteiger partial charge is 0.231 e. The fraction of sp³-hybridized carbons (Fsp3) is 0.417. The zero-order valence-electron chi connectivity index (χ0n) is 10.9. The molecule has 6 heteroatoms. The predicted molar refractivity (Wildman–Crippen MR) is 72.5 cm³/mol. The minimum Gasteiger partial charge on any atom is -0.299 e. The fourth-order valence-corrected chi connectivity index (χ4v) is 2.54. The van der Waals surface area contributed by atoms with Crippen LogP contribution >= 0.6 is 0 Å². The highest BCUT2D eigenvalue weighted by atomic mass is 32.2. The van der Waals surface area contributed by atoms with Gasteiger partial charge in [-0.15, -0.1) is 0 Å². The Morgan fingerprint density at radius 2 is 2.00 bits per heavy atom. The van der Waals surface area contributed by atoms with Crippen LogP contribution in [0.4, 0.5) is 5.82 Å². The van der Waals surface area contributed by atoms with Crippen LogP contribution in [0.15, 0.2) is 18.2 Å². The Kier molecular flexibility index (Phi) is 3.06. The summed E-state index contributed by atoms with van der Waals surface area (Å²) in [5.41, 5.74) is 1.89. The first-order chi connectivity index (χ1) is 8.29. The average molecular weight is 267 g/mol. The van der Waals surface area contributed by atoms with Crippen LogP contribution in [0, 0.1) is 6.92 Å². The van der Waals surface area contributed by atoms with E-state index in [0.29, 0.717) is 11.7 Å². The molecule has 0 aliphatic rings. The van der Waals surface area contributed by atoms with E-state index in [1.807, 2.05) is 29.5 Å². The summed E-state index contributed by atoms with van der Waals surface area (Å²) >= 11 is 0. The van der Waals surface area contributed by atoms with Crippen molar-refractivity contribution in [2.75, 3.05) is 11.0 Å². The zero-order chi connectivity index (χ0) is 13.5. The summed E-state index contributed by atoms with van der Waals surface area (Å²) in [6.07, 6.45) is 1.12. The molecule has 0 bridgehead atoms. The maximum Gasteiger partial charge on any atom is 0.231 e. The molecule has 0 radical (unpaired) electrons. The Hall–Kier alpha value is -1.56. The third-order valence-electron chi connectivity index (χ3n) is 2.73. The van der Waals surface area contributed by atoms with Crippen molar-refractivity contribution in [2.45, 2.75) is 26.7 Å². The maximum atomic E-state index is 11.3. The molecule has 5 nitrogen and oxygen atoms in total. The van der Waals surface area contributed by atoms with E-state index in [-0.39, 0.29) is 0 Å². The molecule has 2 aromatic heterocycles. The van der Waals surface area contributed by atoms with Crippen LogP contribution < -0.4 is 4.72 Å². The van der Waals surface area contributed by atoms with Crippen LogP contribution in [0.1, 0.15) is 31.3 Å². The molecule has 2 aromatic rings. The van der Waals surface area contributed by atoms with Gasteiger partial charge in [0.1, 0.15) is 5.82 Å². The van der Waals surface area contributed by atoms with E-state index < -0.39 is 10.0 Å². The van der Waals surface area contributed by atoms with E-state index in [1.165, 1.54) is 0 Å². The summed E-state index contributed by atoms with van der Waals surface area (Å²) in [5.74, 6) is 1.51. The summed E-state index contributed by atoms with van der Waals surface area (Å²) in [6, 6.07) is 5.80. The van der Waals surface area contributed by atoms with Crippen molar-refractivity contribution in [3.63, 3.8) is 0 Å². The summed E-state index contributed by atoms with van der Waals surface area (Å²) in [6.45, 7) is 6.06. The van der Waals surface area contributed by atoms with Gasteiger partial charge in [0.15, 0.2) is 5.82 Å². The molecule has 0 aliphatic carbocycles. The van der Waals surface area contributed by atoms with Crippen LogP contribution in [0.5, 0.6) is 0 Å². The van der Waals surface area contributed by atoms with Crippen molar-refractivity contribution >= 4 is 21.4 Å². The summed E-state index contributed by atoms with van der Waals surface area (Å²) in [5, 5.41) is 0. The van der Waals surface area contributed by atoms with Gasteiger partial charge in [0.2, 0.25) is 10.0 Å². The summed E-state index contributed by atoms with van der Waals surface area (Å²) < 4.78 is 27.1. The molecule has 0 saturated carbocycles. The molecule has 0 aromatic carbocycles. The number of pyridine rings is 1. The third kappa shape index (κ3) is 2.33. The lowest BCUT2D eigenvalue weighted by atomic mass is 10.1. The van der Waals surface area contributed by atoms with Gasteiger partial charge < -0.3 is 0 Å². The SMILES string of the molecule is Cc1nc(NS(C)(=O)=O)c2cccc(C(C)C)n12. The highest BCUT2D eigenvalue weighted by molar-refractivity contribution is 7.92. The molecule has 0 spiro atoms. The van der Waals surface area contributed by atoms with Crippen molar-refractivity contribution in [2.24, 2.45) is 0 Å². The molecule has 0 aliphatic heterocycles. The number of sulfonamides is 1. The monoisotopic (exact) mass is 267 g/mol. The quantitative estimate of drug-likeness (QED) is 0.926. The second-order valence-electron chi connectivity index (χ2n) is 4.71. The maximum absolute atomic E-state index is 11.3. The molecule has 0 saturated heterocycles. The fourth-order valence-electron chi connectivity index (χ4n) is 2.04. The van der Waals surface area contributed by atoms with E-state index in [2.05, 4.69) is 23.6 Å². The Morgan fingerprint density at radius 3 is 2.56 bits per heavy atom. The number of hydrogen-bond donors (Lipinski definition) is 1. The van der Waals surface area contributed by atoms with Gasteiger partial charge in [0.25, 0.3) is 0 Å². The number of imidazole rings is 1. The molecule has 1 N–H and O–H groups in total. The Morgan fingerprint density at radius 1 is 1.33 bits per heavy atom. The van der Waals surface area contributed by atoms with Gasteiger partial charge in [-0.1, -0.05) is 19.9 Å². The van der Waals surface area contributed by atoms with Gasteiger partial charge in [0, 0.05) is 5.69 Å². The van der Waals surface area contributed by atoms with E-state index in [4.69, 9.17) is 0 Å². The molecule has 0 atom stereocenters. The van der Waals surface area contributed by atoms with Crippen LogP contribution in [0.25, 0.3) is 5.52 Å². The van der Waals surface area contributed by atoms with Crippen molar-refractivity contribution in [1.29, 1.82) is 0 Å². The lowest BCUT2D eigenvalue weighted by molar-refractivity contribution is 0.606. The van der Waals surface area contributed by atoms with E-state index >= 15 is 0 Å². The largest absolute Gasteiger partial charge is 0.299 e. The van der Waals surface area contributed by atoms with Gasteiger partial charge >= 0.3 is 0 Å². The zero-order valence-corrected chi connectivity index (χ0v) is 11.7. The highest BCUT2D eigenvalue weighted by Gasteiger charge is 2.14. The summed E-state index contributed by atoms with van der Waals surface area (Å²) in [4.78, 5) is 4.29. The number of aryl methyl sites for hydroxylation is 1. The average Bonchev–Trinajstić information content (AvgIpc) is 2.53. The first-order valence-corrected chi connectivity index (χ1v) is 7.64. The number of aromatic nitrogens is 2. The van der Waals surface area contributed by atoms with Crippen LogP contribution in [0.2, 0.25) is 0 Å². The second-order valence-corrected chi connectivity index (χ2v) is 6.46. The van der Waals surface area contributed by atoms with Crippen molar-refractivity contribution in [1.82, 2.24) is 9.38 Å². The van der Waals surface area contributed by atoms with Crippen LogP contribution in [-0.2, 0) is 10.0 Å². The molecule has 0 fully saturated rings. The standard InChI is InChI=1S/C12H17N3O2S/c1-8(2)10-6-5-7-11-12(14-18(4,16)17)13-9(3)15(10)11/h5-8,14H,1-4H3. The molecule has 2 rings (SSSR count). The number of nitrogens with zero attached hydrogens (tertiary/aromatic N) is 2. The summed E-state index contributed by atoms with van der Waals surface area (Å²) in [7, 11) is -3.31. The number of nitrogens with one attached hydrogen (secondary N) is 1. The highest BCUT2D eigenvalue weighted by Crippen LogP contribution is 2.24. The molecular formula is C12H17N3O2S. The molecule has 0 amide bonds. The lowest BCUT2D eigenvalue weighted by Crippen LogP contribution is -2.10. The number of anilines is 1. The van der Waals surface area contributed by atoms with Crippen molar-refractivity contribution in [3.05, 3.63) is 29.7 Å². The molecule has 0 unspecified atom stereocenters. The lowest BCUT2D eigenvalue weighted by Gasteiger charge is -2.10. The number of fused-ring (bicyclic) bond motifs is 1. The normalized spacial score (nSPS) is 12.3. The van der Waals surface area contributed by atoms with Gasteiger partial charge in [0.05, 0.1) is 11.8 Å². The van der Waals surface area contributed by atoms with E-state index in [1.54, 1.807) is 0 Å². The molecular weight excluding hydrogens is 250 g/mol. The van der Waals surface area contributed by atoms with Crippen molar-refractivity contribution in [3.8, 4) is 0 Å². The Labute approximate surface area is 107 Å². The minimum absolute atomic E-state index is 0.340. The molecule has 2 heterocycles. The molecule has 18 heavy (non-hydrogen) atoms. The number of hydrogen-bond acceptors (Lipinski definition) is 3. The number of rotatable bonds is 3. The Balaban J connectivity index is 2.70. The Bertz CT molecular complexity index is 687. The van der Waals surface area contributed by atoms with Gasteiger partial charge in [-0.3, -0.25) is 9.12 Å². The van der Waals surface area contributed by atoms with E-state index in [0.717, 1.165) is 23.3 Å². The second kappa shape index (κ2) is 4.28. The van der Waals surface area contributed by atoms with E-state index in [9.17, 15) is 8.42 Å². The topological polar surface area (TPSA) is 63.5 Å². The first-order valence-electron chi connectivity index (χ1n) is 5.75. The third-order valence-corrected chi connectivity index (χ3v) is 3.30. The van der Waals surface area contributed by atoms with Gasteiger partial charge in [-0.2, -0.15) is 0 Å².